The summed E-state index contributed by atoms with van der Waals surface area (Å²) in [5.74, 6) is 2.08. The highest BCUT2D eigenvalue weighted by Gasteiger charge is 2.42. The van der Waals surface area contributed by atoms with E-state index >= 15 is 0 Å². The van der Waals surface area contributed by atoms with Gasteiger partial charge in [-0.05, 0) is 48.4 Å². The van der Waals surface area contributed by atoms with Crippen LogP contribution in [0.25, 0.3) is 0 Å². The van der Waals surface area contributed by atoms with Crippen LogP contribution >= 0.6 is 15.9 Å². The predicted molar refractivity (Wildman–Crippen MR) is 85.2 cm³/mol. The maximum absolute atomic E-state index is 12.5. The van der Waals surface area contributed by atoms with Gasteiger partial charge in [0.25, 0.3) is 0 Å². The van der Waals surface area contributed by atoms with Gasteiger partial charge in [0.2, 0.25) is 5.91 Å². The van der Waals surface area contributed by atoms with Crippen LogP contribution in [0.15, 0.2) is 22.7 Å². The summed E-state index contributed by atoms with van der Waals surface area (Å²) in [5, 5.41) is 0. The number of ether oxygens (including phenoxy) is 1. The van der Waals surface area contributed by atoms with Crippen LogP contribution < -0.4 is 10.5 Å². The van der Waals surface area contributed by atoms with E-state index in [1.807, 2.05) is 23.1 Å². The Balaban J connectivity index is 1.67. The van der Waals surface area contributed by atoms with Crippen LogP contribution in [0, 0.1) is 11.8 Å². The third kappa shape index (κ3) is 2.94. The average Bonchev–Trinajstić information content (AvgIpc) is 3.04. The lowest BCUT2D eigenvalue weighted by atomic mass is 9.98. The van der Waals surface area contributed by atoms with Crippen molar-refractivity contribution in [1.82, 2.24) is 4.90 Å². The molecular weight excluding hydrogens is 332 g/mol. The molecule has 1 heterocycles. The van der Waals surface area contributed by atoms with Crippen LogP contribution in [-0.4, -0.2) is 37.0 Å². The van der Waals surface area contributed by atoms with E-state index in [0.29, 0.717) is 18.3 Å². The Kier molecular flexibility index (Phi) is 4.22. The number of carbonyl (C=O) groups excluding carboxylic acids is 1. The second-order valence-electron chi connectivity index (χ2n) is 6.10. The molecule has 1 amide bonds. The summed E-state index contributed by atoms with van der Waals surface area (Å²) in [7, 11) is 1.64. The number of nitrogens with zero attached hydrogens (tertiary/aromatic N) is 1. The Morgan fingerprint density at radius 2 is 2.24 bits per heavy atom. The lowest BCUT2D eigenvalue weighted by Gasteiger charge is -2.19. The average molecular weight is 353 g/mol. The Hall–Kier alpha value is -1.07. The summed E-state index contributed by atoms with van der Waals surface area (Å²) in [6.07, 6.45) is 2.68. The maximum atomic E-state index is 12.5. The highest BCUT2D eigenvalue weighted by molar-refractivity contribution is 9.10. The number of hydrogen-bond acceptors (Lipinski definition) is 3. The molecule has 3 atom stereocenters. The van der Waals surface area contributed by atoms with Crippen molar-refractivity contribution in [2.45, 2.75) is 25.3 Å². The number of benzene rings is 1. The largest absolute Gasteiger partial charge is 0.497 e. The lowest BCUT2D eigenvalue weighted by Crippen LogP contribution is -2.34. The molecule has 1 aliphatic heterocycles. The molecule has 2 fully saturated rings. The minimum atomic E-state index is 0.186. The van der Waals surface area contributed by atoms with Crippen LogP contribution in [0.5, 0.6) is 5.75 Å². The van der Waals surface area contributed by atoms with Gasteiger partial charge in [-0.3, -0.25) is 4.79 Å². The molecule has 3 rings (SSSR count). The Morgan fingerprint density at radius 3 is 2.95 bits per heavy atom. The van der Waals surface area contributed by atoms with E-state index in [2.05, 4.69) is 15.9 Å². The van der Waals surface area contributed by atoms with E-state index in [-0.39, 0.29) is 11.9 Å². The number of fused-ring (bicyclic) bond motifs is 1. The summed E-state index contributed by atoms with van der Waals surface area (Å²) >= 11 is 3.51. The van der Waals surface area contributed by atoms with Crippen LogP contribution in [0.3, 0.4) is 0 Å². The number of likely N-dealkylation sites (tertiary alicyclic amines) is 1. The van der Waals surface area contributed by atoms with Crippen molar-refractivity contribution >= 4 is 21.8 Å². The summed E-state index contributed by atoms with van der Waals surface area (Å²) in [4.78, 5) is 14.5. The van der Waals surface area contributed by atoms with Gasteiger partial charge in [0.15, 0.2) is 0 Å². The molecule has 0 bridgehead atoms. The Morgan fingerprint density at radius 1 is 1.43 bits per heavy atom. The summed E-state index contributed by atoms with van der Waals surface area (Å²) < 4.78 is 6.18. The molecule has 1 saturated carbocycles. The first kappa shape index (κ1) is 14.9. The van der Waals surface area contributed by atoms with Gasteiger partial charge < -0.3 is 15.4 Å². The zero-order valence-electron chi connectivity index (χ0n) is 12.2. The van der Waals surface area contributed by atoms with Crippen LogP contribution in [-0.2, 0) is 11.2 Å². The van der Waals surface area contributed by atoms with Crippen LogP contribution in [0.4, 0.5) is 0 Å². The van der Waals surface area contributed by atoms with E-state index in [9.17, 15) is 4.79 Å². The molecular formula is C16H21BrN2O2. The molecule has 0 spiro atoms. The van der Waals surface area contributed by atoms with Gasteiger partial charge in [0.1, 0.15) is 5.75 Å². The lowest BCUT2D eigenvalue weighted by molar-refractivity contribution is -0.129. The second kappa shape index (κ2) is 5.97. The second-order valence-corrected chi connectivity index (χ2v) is 6.95. The van der Waals surface area contributed by atoms with Crippen molar-refractivity contribution in [2.24, 2.45) is 17.6 Å². The molecule has 4 nitrogen and oxygen atoms in total. The normalized spacial score (nSPS) is 27.8. The molecule has 0 aromatic heterocycles. The number of rotatable bonds is 3. The van der Waals surface area contributed by atoms with Crippen LogP contribution in [0.2, 0.25) is 0 Å². The molecule has 2 N–H and O–H groups in total. The molecule has 1 saturated heterocycles. The first-order valence-electron chi connectivity index (χ1n) is 7.44. The summed E-state index contributed by atoms with van der Waals surface area (Å²) in [6.45, 7) is 1.70. The van der Waals surface area contributed by atoms with E-state index < -0.39 is 0 Å². The number of halogens is 1. The van der Waals surface area contributed by atoms with E-state index in [0.717, 1.165) is 35.3 Å². The molecule has 1 aliphatic carbocycles. The molecule has 0 radical (unpaired) electrons. The number of carbonyl (C=O) groups is 1. The van der Waals surface area contributed by atoms with Crippen molar-refractivity contribution in [3.63, 3.8) is 0 Å². The van der Waals surface area contributed by atoms with Gasteiger partial charge in [-0.2, -0.15) is 0 Å². The maximum Gasteiger partial charge on any atom is 0.227 e. The molecule has 5 heteroatoms. The molecule has 114 valence electrons. The van der Waals surface area contributed by atoms with Crippen molar-refractivity contribution in [3.05, 3.63) is 28.2 Å². The molecule has 2 aliphatic rings. The molecule has 1 aromatic rings. The van der Waals surface area contributed by atoms with E-state index in [1.165, 1.54) is 6.42 Å². The summed E-state index contributed by atoms with van der Waals surface area (Å²) in [6, 6.07) is 6.01. The van der Waals surface area contributed by atoms with Crippen molar-refractivity contribution in [3.8, 4) is 5.75 Å². The highest BCUT2D eigenvalue weighted by Crippen LogP contribution is 2.37. The fourth-order valence-corrected chi connectivity index (χ4v) is 3.99. The molecule has 21 heavy (non-hydrogen) atoms. The zero-order chi connectivity index (χ0) is 15.0. The van der Waals surface area contributed by atoms with Gasteiger partial charge in [-0.25, -0.2) is 0 Å². The number of hydrogen-bond donors (Lipinski definition) is 1. The van der Waals surface area contributed by atoms with Crippen molar-refractivity contribution in [1.29, 1.82) is 0 Å². The number of amides is 1. The van der Waals surface area contributed by atoms with Gasteiger partial charge in [-0.15, -0.1) is 0 Å². The van der Waals surface area contributed by atoms with Gasteiger partial charge in [0.05, 0.1) is 13.5 Å². The third-order valence-electron chi connectivity index (χ3n) is 4.86. The monoisotopic (exact) mass is 352 g/mol. The Bertz CT molecular complexity index is 549. The zero-order valence-corrected chi connectivity index (χ0v) is 13.8. The minimum absolute atomic E-state index is 0.186. The summed E-state index contributed by atoms with van der Waals surface area (Å²) in [5.41, 5.74) is 7.11. The van der Waals surface area contributed by atoms with Gasteiger partial charge >= 0.3 is 0 Å². The number of methoxy groups -OCH3 is 1. The molecule has 3 unspecified atom stereocenters. The van der Waals surface area contributed by atoms with E-state index in [1.54, 1.807) is 7.11 Å². The minimum Gasteiger partial charge on any atom is -0.497 e. The highest BCUT2D eigenvalue weighted by atomic mass is 79.9. The first-order valence-corrected chi connectivity index (χ1v) is 8.23. The number of nitrogens with two attached hydrogens (primary N) is 1. The third-order valence-corrected chi connectivity index (χ3v) is 5.63. The Labute approximate surface area is 133 Å². The first-order chi connectivity index (χ1) is 10.1. The fourth-order valence-electron chi connectivity index (χ4n) is 3.60. The van der Waals surface area contributed by atoms with Gasteiger partial charge in [-0.1, -0.05) is 15.9 Å². The van der Waals surface area contributed by atoms with Crippen LogP contribution in [0.1, 0.15) is 18.4 Å². The van der Waals surface area contributed by atoms with Gasteiger partial charge in [0, 0.05) is 23.6 Å². The SMILES string of the molecule is COc1ccc(Br)c(CC(=O)N2CC3CCC(N)C3C2)c1. The predicted octanol–water partition coefficient (Wildman–Crippen LogP) is 2.20. The smallest absolute Gasteiger partial charge is 0.227 e. The van der Waals surface area contributed by atoms with E-state index in [4.69, 9.17) is 10.5 Å². The molecule has 1 aromatic carbocycles. The topological polar surface area (TPSA) is 55.6 Å². The van der Waals surface area contributed by atoms with Crippen molar-refractivity contribution < 1.29 is 9.53 Å². The quantitative estimate of drug-likeness (QED) is 0.907. The fraction of sp³-hybridized carbons (Fsp3) is 0.562. The standard InChI is InChI=1S/C16H21BrN2O2/c1-21-12-3-4-14(17)11(6-12)7-16(20)19-8-10-2-5-15(18)13(10)9-19/h3-4,6,10,13,15H,2,5,7-9,18H2,1H3. The van der Waals surface area contributed by atoms with Crippen molar-refractivity contribution in [2.75, 3.05) is 20.2 Å².